The van der Waals surface area contributed by atoms with Crippen molar-refractivity contribution in [2.75, 3.05) is 41.7 Å². The number of anilines is 3. The number of nitrogens with two attached hydrogens (primary N) is 1. The zero-order valence-electron chi connectivity index (χ0n) is 11.6. The average Bonchev–Trinajstić information content (AvgIpc) is 2.47. The van der Waals surface area contributed by atoms with Crippen LogP contribution in [0.2, 0.25) is 10.0 Å². The Labute approximate surface area is 134 Å². The highest BCUT2D eigenvalue weighted by Crippen LogP contribution is 2.29. The van der Waals surface area contributed by atoms with Crippen LogP contribution in [0.3, 0.4) is 0 Å². The molecule has 0 saturated carbocycles. The minimum atomic E-state index is 0.696. The number of benzene rings is 2. The Hall–Kier alpha value is -1.58. The first-order chi connectivity index (χ1) is 10.1. The van der Waals surface area contributed by atoms with Crippen molar-refractivity contribution >= 4 is 40.3 Å². The van der Waals surface area contributed by atoms with Crippen molar-refractivity contribution in [2.45, 2.75) is 0 Å². The van der Waals surface area contributed by atoms with E-state index in [2.05, 4.69) is 15.9 Å². The predicted molar refractivity (Wildman–Crippen MR) is 91.7 cm³/mol. The standard InChI is InChI=1S/C16H17Cl2N3/c17-12-2-1-3-14(10-12)20-6-8-21(9-7-20)16-5-4-13(19)11-15(16)18/h1-5,10-11H,6-9,19H2. The van der Waals surface area contributed by atoms with Crippen LogP contribution in [0.1, 0.15) is 0 Å². The smallest absolute Gasteiger partial charge is 0.0660 e. The Bertz CT molecular complexity index is 637. The molecule has 1 aliphatic heterocycles. The summed E-state index contributed by atoms with van der Waals surface area (Å²) in [6, 6.07) is 13.7. The third-order valence-corrected chi connectivity index (χ3v) is 4.30. The molecule has 1 aliphatic rings. The molecule has 5 heteroatoms. The summed E-state index contributed by atoms with van der Waals surface area (Å²) >= 11 is 12.3. The van der Waals surface area contributed by atoms with Gasteiger partial charge in [0.05, 0.1) is 10.7 Å². The van der Waals surface area contributed by atoms with Gasteiger partial charge in [-0.25, -0.2) is 0 Å². The molecule has 110 valence electrons. The maximum atomic E-state index is 6.28. The van der Waals surface area contributed by atoms with E-state index in [4.69, 9.17) is 28.9 Å². The van der Waals surface area contributed by atoms with Crippen LogP contribution in [-0.2, 0) is 0 Å². The van der Waals surface area contributed by atoms with E-state index in [0.717, 1.165) is 36.9 Å². The molecule has 0 spiro atoms. The number of rotatable bonds is 2. The van der Waals surface area contributed by atoms with Crippen molar-refractivity contribution in [2.24, 2.45) is 0 Å². The monoisotopic (exact) mass is 321 g/mol. The molecule has 0 unspecified atom stereocenters. The molecule has 0 aromatic heterocycles. The lowest BCUT2D eigenvalue weighted by Crippen LogP contribution is -2.46. The van der Waals surface area contributed by atoms with Gasteiger partial charge in [0, 0.05) is 42.6 Å². The molecule has 0 amide bonds. The predicted octanol–water partition coefficient (Wildman–Crippen LogP) is 3.90. The maximum Gasteiger partial charge on any atom is 0.0660 e. The maximum absolute atomic E-state index is 6.28. The zero-order valence-corrected chi connectivity index (χ0v) is 13.1. The van der Waals surface area contributed by atoms with E-state index in [1.54, 1.807) is 6.07 Å². The molecule has 0 radical (unpaired) electrons. The van der Waals surface area contributed by atoms with E-state index in [0.29, 0.717) is 10.7 Å². The first-order valence-electron chi connectivity index (χ1n) is 6.94. The highest BCUT2D eigenvalue weighted by molar-refractivity contribution is 6.33. The summed E-state index contributed by atoms with van der Waals surface area (Å²) < 4.78 is 0. The van der Waals surface area contributed by atoms with Gasteiger partial charge in [0.2, 0.25) is 0 Å². The van der Waals surface area contributed by atoms with Crippen molar-refractivity contribution in [1.29, 1.82) is 0 Å². The Morgan fingerprint density at radius 3 is 2.24 bits per heavy atom. The van der Waals surface area contributed by atoms with Gasteiger partial charge in [-0.05, 0) is 36.4 Å². The van der Waals surface area contributed by atoms with Crippen molar-refractivity contribution in [1.82, 2.24) is 0 Å². The van der Waals surface area contributed by atoms with Gasteiger partial charge in [-0.15, -0.1) is 0 Å². The third-order valence-electron chi connectivity index (χ3n) is 3.77. The summed E-state index contributed by atoms with van der Waals surface area (Å²) in [6.45, 7) is 3.74. The fourth-order valence-corrected chi connectivity index (χ4v) is 3.15. The molecule has 2 aromatic carbocycles. The average molecular weight is 322 g/mol. The van der Waals surface area contributed by atoms with Crippen LogP contribution in [-0.4, -0.2) is 26.2 Å². The lowest BCUT2D eigenvalue weighted by Gasteiger charge is -2.37. The summed E-state index contributed by atoms with van der Waals surface area (Å²) in [5.74, 6) is 0. The largest absolute Gasteiger partial charge is 0.399 e. The van der Waals surface area contributed by atoms with Gasteiger partial charge >= 0.3 is 0 Å². The van der Waals surface area contributed by atoms with Crippen LogP contribution >= 0.6 is 23.2 Å². The quantitative estimate of drug-likeness (QED) is 0.851. The summed E-state index contributed by atoms with van der Waals surface area (Å²) in [6.07, 6.45) is 0. The van der Waals surface area contributed by atoms with Gasteiger partial charge in [-0.3, -0.25) is 0 Å². The molecule has 1 heterocycles. The molecule has 1 fully saturated rings. The topological polar surface area (TPSA) is 32.5 Å². The van der Waals surface area contributed by atoms with Crippen LogP contribution in [0.5, 0.6) is 0 Å². The van der Waals surface area contributed by atoms with Crippen molar-refractivity contribution in [3.8, 4) is 0 Å². The Morgan fingerprint density at radius 2 is 1.57 bits per heavy atom. The number of piperazine rings is 1. The van der Waals surface area contributed by atoms with E-state index in [-0.39, 0.29) is 0 Å². The summed E-state index contributed by atoms with van der Waals surface area (Å²) in [5, 5.41) is 1.49. The molecule has 0 aliphatic carbocycles. The normalized spacial score (nSPS) is 15.3. The highest BCUT2D eigenvalue weighted by atomic mass is 35.5. The lowest BCUT2D eigenvalue weighted by atomic mass is 10.2. The summed E-state index contributed by atoms with van der Waals surface area (Å²) in [4.78, 5) is 4.64. The number of hydrogen-bond donors (Lipinski definition) is 1. The number of hydrogen-bond acceptors (Lipinski definition) is 3. The van der Waals surface area contributed by atoms with E-state index in [1.807, 2.05) is 30.3 Å². The Balaban J connectivity index is 1.70. The van der Waals surface area contributed by atoms with Crippen LogP contribution in [0, 0.1) is 0 Å². The molecule has 3 nitrogen and oxygen atoms in total. The van der Waals surface area contributed by atoms with Gasteiger partial charge in [-0.1, -0.05) is 29.3 Å². The first kappa shape index (κ1) is 14.4. The van der Waals surface area contributed by atoms with E-state index in [9.17, 15) is 0 Å². The highest BCUT2D eigenvalue weighted by Gasteiger charge is 2.19. The first-order valence-corrected chi connectivity index (χ1v) is 7.69. The second kappa shape index (κ2) is 6.04. The fourth-order valence-electron chi connectivity index (χ4n) is 2.66. The summed E-state index contributed by atoms with van der Waals surface area (Å²) in [7, 11) is 0. The molecule has 2 N–H and O–H groups in total. The van der Waals surface area contributed by atoms with Gasteiger partial charge in [0.25, 0.3) is 0 Å². The van der Waals surface area contributed by atoms with Gasteiger partial charge < -0.3 is 15.5 Å². The van der Waals surface area contributed by atoms with Crippen molar-refractivity contribution in [3.05, 3.63) is 52.5 Å². The minimum absolute atomic E-state index is 0.696. The van der Waals surface area contributed by atoms with E-state index >= 15 is 0 Å². The van der Waals surface area contributed by atoms with Crippen LogP contribution < -0.4 is 15.5 Å². The Kier molecular flexibility index (Phi) is 4.13. The number of nitrogens with zero attached hydrogens (tertiary/aromatic N) is 2. The number of halogens is 2. The van der Waals surface area contributed by atoms with Crippen LogP contribution in [0.4, 0.5) is 17.1 Å². The number of nitrogen functional groups attached to an aromatic ring is 1. The molecule has 21 heavy (non-hydrogen) atoms. The molecule has 0 bridgehead atoms. The summed E-state index contributed by atoms with van der Waals surface area (Å²) in [5.41, 5.74) is 8.67. The van der Waals surface area contributed by atoms with Gasteiger partial charge in [0.1, 0.15) is 0 Å². The van der Waals surface area contributed by atoms with Crippen molar-refractivity contribution < 1.29 is 0 Å². The van der Waals surface area contributed by atoms with Crippen LogP contribution in [0.15, 0.2) is 42.5 Å². The second-order valence-electron chi connectivity index (χ2n) is 5.16. The zero-order chi connectivity index (χ0) is 14.8. The fraction of sp³-hybridized carbons (Fsp3) is 0.250. The molecule has 3 rings (SSSR count). The third kappa shape index (κ3) is 3.20. The van der Waals surface area contributed by atoms with E-state index in [1.165, 1.54) is 5.69 Å². The van der Waals surface area contributed by atoms with Gasteiger partial charge in [-0.2, -0.15) is 0 Å². The molecule has 0 atom stereocenters. The SMILES string of the molecule is Nc1ccc(N2CCN(c3cccc(Cl)c3)CC2)c(Cl)c1. The van der Waals surface area contributed by atoms with Crippen LogP contribution in [0.25, 0.3) is 0 Å². The molecule has 1 saturated heterocycles. The van der Waals surface area contributed by atoms with Gasteiger partial charge in [0.15, 0.2) is 0 Å². The van der Waals surface area contributed by atoms with Crippen molar-refractivity contribution in [3.63, 3.8) is 0 Å². The minimum Gasteiger partial charge on any atom is -0.399 e. The second-order valence-corrected chi connectivity index (χ2v) is 6.01. The lowest BCUT2D eigenvalue weighted by molar-refractivity contribution is 0.654. The molecular weight excluding hydrogens is 305 g/mol. The molecule has 2 aromatic rings. The molecular formula is C16H17Cl2N3. The van der Waals surface area contributed by atoms with E-state index < -0.39 is 0 Å². The Morgan fingerprint density at radius 1 is 0.857 bits per heavy atom.